The van der Waals surface area contributed by atoms with Crippen molar-refractivity contribution in [1.29, 1.82) is 0 Å². The highest BCUT2D eigenvalue weighted by molar-refractivity contribution is 5.92. The van der Waals surface area contributed by atoms with Crippen molar-refractivity contribution in [2.24, 2.45) is 5.92 Å². The predicted octanol–water partition coefficient (Wildman–Crippen LogP) is 4.05. The van der Waals surface area contributed by atoms with Crippen LogP contribution in [-0.2, 0) is 28.7 Å². The molecule has 1 fully saturated rings. The molecule has 4 rings (SSSR count). The van der Waals surface area contributed by atoms with Crippen molar-refractivity contribution in [3.63, 3.8) is 0 Å². The number of piperidine rings is 1. The van der Waals surface area contributed by atoms with Crippen LogP contribution in [-0.4, -0.2) is 46.0 Å². The first kappa shape index (κ1) is 22.4. The number of esters is 1. The van der Waals surface area contributed by atoms with E-state index >= 15 is 0 Å². The fraction of sp³-hybridized carbons (Fsp3) is 0.522. The summed E-state index contributed by atoms with van der Waals surface area (Å²) < 4.78 is 46.2. The molecule has 2 atom stereocenters. The van der Waals surface area contributed by atoms with Gasteiger partial charge in [-0.05, 0) is 37.8 Å². The van der Waals surface area contributed by atoms with Gasteiger partial charge in [-0.1, -0.05) is 18.2 Å². The number of benzene rings is 1. The summed E-state index contributed by atoms with van der Waals surface area (Å²) in [6, 6.07) is 5.44. The number of imidazole rings is 1. The Labute approximate surface area is 184 Å². The topological polar surface area (TPSA) is 64.4 Å². The first-order chi connectivity index (χ1) is 15.3. The molecule has 2 aliphatic heterocycles. The smallest absolute Gasteiger partial charge is 0.416 e. The van der Waals surface area contributed by atoms with Crippen molar-refractivity contribution in [2.75, 3.05) is 19.7 Å². The molecule has 2 aliphatic rings. The van der Waals surface area contributed by atoms with E-state index in [1.165, 1.54) is 12.1 Å². The fourth-order valence-electron chi connectivity index (χ4n) is 4.56. The molecule has 0 spiro atoms. The molecule has 0 saturated carbocycles. The van der Waals surface area contributed by atoms with Gasteiger partial charge < -0.3 is 14.2 Å². The Hall–Kier alpha value is -2.84. The highest BCUT2D eigenvalue weighted by Crippen LogP contribution is 2.34. The van der Waals surface area contributed by atoms with Gasteiger partial charge in [0.15, 0.2) is 0 Å². The number of carbonyl (C=O) groups is 2. The molecule has 0 unspecified atom stereocenters. The SMILES string of the molecule is CCOC(=O)[C@H]1CCCN(C(=O)c2cn3c(n2)CC[C@@H](c2cccc(C(F)(F)F)c2)C3)C1. The van der Waals surface area contributed by atoms with Crippen LogP contribution >= 0.6 is 0 Å². The predicted molar refractivity (Wildman–Crippen MR) is 110 cm³/mol. The van der Waals surface area contributed by atoms with Gasteiger partial charge in [0, 0.05) is 38.2 Å². The van der Waals surface area contributed by atoms with Crippen LogP contribution in [0.1, 0.15) is 59.5 Å². The first-order valence-electron chi connectivity index (χ1n) is 11.0. The number of hydrogen-bond donors (Lipinski definition) is 0. The monoisotopic (exact) mass is 449 g/mol. The number of likely N-dealkylation sites (tertiary alicyclic amines) is 1. The van der Waals surface area contributed by atoms with Gasteiger partial charge >= 0.3 is 12.1 Å². The van der Waals surface area contributed by atoms with Gasteiger partial charge in [-0.15, -0.1) is 0 Å². The molecule has 0 bridgehead atoms. The van der Waals surface area contributed by atoms with E-state index in [4.69, 9.17) is 4.74 Å². The van der Waals surface area contributed by atoms with E-state index in [0.29, 0.717) is 56.8 Å². The van der Waals surface area contributed by atoms with E-state index in [1.54, 1.807) is 24.1 Å². The summed E-state index contributed by atoms with van der Waals surface area (Å²) in [5, 5.41) is 0. The molecule has 32 heavy (non-hydrogen) atoms. The molecule has 6 nitrogen and oxygen atoms in total. The van der Waals surface area contributed by atoms with E-state index in [2.05, 4.69) is 4.98 Å². The molecular formula is C23H26F3N3O3. The van der Waals surface area contributed by atoms with Gasteiger partial charge in [0.1, 0.15) is 11.5 Å². The van der Waals surface area contributed by atoms with Gasteiger partial charge in [-0.2, -0.15) is 13.2 Å². The summed E-state index contributed by atoms with van der Waals surface area (Å²) in [6.07, 6.45) is -0.0205. The number of hydrogen-bond acceptors (Lipinski definition) is 4. The van der Waals surface area contributed by atoms with Gasteiger partial charge in [0.05, 0.1) is 18.1 Å². The van der Waals surface area contributed by atoms with E-state index < -0.39 is 11.7 Å². The number of ether oxygens (including phenoxy) is 1. The van der Waals surface area contributed by atoms with Crippen molar-refractivity contribution in [1.82, 2.24) is 14.5 Å². The zero-order valence-corrected chi connectivity index (χ0v) is 17.9. The zero-order valence-electron chi connectivity index (χ0n) is 17.9. The standard InChI is InChI=1S/C23H26F3N3O3/c1-2-32-22(31)17-6-4-10-28(13-17)21(30)19-14-29-12-16(8-9-20(29)27-19)15-5-3-7-18(11-15)23(24,25)26/h3,5,7,11,14,16-17H,2,4,6,8-10,12-13H2,1H3/t16-,17+/m1/s1. The van der Waals surface area contributed by atoms with Gasteiger partial charge in [-0.3, -0.25) is 9.59 Å². The van der Waals surface area contributed by atoms with Crippen LogP contribution in [0.5, 0.6) is 0 Å². The Morgan fingerprint density at radius 3 is 2.78 bits per heavy atom. The lowest BCUT2D eigenvalue weighted by Crippen LogP contribution is -2.43. The maximum atomic E-state index is 13.1. The largest absolute Gasteiger partial charge is 0.466 e. The minimum absolute atomic E-state index is 0.0786. The summed E-state index contributed by atoms with van der Waals surface area (Å²) in [6.45, 7) is 3.41. The lowest BCUT2D eigenvalue weighted by atomic mass is 9.90. The molecule has 1 aromatic carbocycles. The molecule has 1 amide bonds. The van der Waals surface area contributed by atoms with Crippen LogP contribution in [0.15, 0.2) is 30.5 Å². The minimum atomic E-state index is -4.37. The lowest BCUT2D eigenvalue weighted by molar-refractivity contribution is -0.149. The molecule has 0 radical (unpaired) electrons. The van der Waals surface area contributed by atoms with E-state index in [-0.39, 0.29) is 23.7 Å². The zero-order chi connectivity index (χ0) is 22.9. The first-order valence-corrected chi connectivity index (χ1v) is 11.0. The molecule has 1 saturated heterocycles. The third-order valence-electron chi connectivity index (χ3n) is 6.23. The number of nitrogens with zero attached hydrogens (tertiary/aromatic N) is 3. The van der Waals surface area contributed by atoms with Gasteiger partial charge in [-0.25, -0.2) is 4.98 Å². The van der Waals surface area contributed by atoms with E-state index in [0.717, 1.165) is 18.3 Å². The maximum absolute atomic E-state index is 13.1. The van der Waals surface area contributed by atoms with Crippen molar-refractivity contribution < 1.29 is 27.5 Å². The van der Waals surface area contributed by atoms with Crippen molar-refractivity contribution in [2.45, 2.75) is 51.2 Å². The minimum Gasteiger partial charge on any atom is -0.466 e. The number of aromatic nitrogens is 2. The Morgan fingerprint density at radius 2 is 2.03 bits per heavy atom. The van der Waals surface area contributed by atoms with Crippen LogP contribution in [0.2, 0.25) is 0 Å². The summed E-state index contributed by atoms with van der Waals surface area (Å²) in [5.41, 5.74) is 0.304. The van der Waals surface area contributed by atoms with Crippen LogP contribution < -0.4 is 0 Å². The Kier molecular flexibility index (Phi) is 6.26. The number of amides is 1. The highest BCUT2D eigenvalue weighted by Gasteiger charge is 2.33. The average molecular weight is 449 g/mol. The Morgan fingerprint density at radius 1 is 1.22 bits per heavy atom. The third-order valence-corrected chi connectivity index (χ3v) is 6.23. The number of aryl methyl sites for hydroxylation is 1. The quantitative estimate of drug-likeness (QED) is 0.661. The van der Waals surface area contributed by atoms with Crippen LogP contribution in [0.3, 0.4) is 0 Å². The second-order valence-electron chi connectivity index (χ2n) is 8.40. The van der Waals surface area contributed by atoms with Gasteiger partial charge in [0.2, 0.25) is 0 Å². The summed E-state index contributed by atoms with van der Waals surface area (Å²) in [7, 11) is 0. The van der Waals surface area contributed by atoms with Crippen LogP contribution in [0, 0.1) is 5.92 Å². The molecule has 9 heteroatoms. The lowest BCUT2D eigenvalue weighted by Gasteiger charge is -2.31. The molecule has 0 N–H and O–H groups in total. The molecule has 1 aromatic heterocycles. The normalized spacial score (nSPS) is 21.2. The van der Waals surface area contributed by atoms with Crippen LogP contribution in [0.25, 0.3) is 0 Å². The van der Waals surface area contributed by atoms with Gasteiger partial charge in [0.25, 0.3) is 5.91 Å². The maximum Gasteiger partial charge on any atom is 0.416 e. The van der Waals surface area contributed by atoms with Crippen molar-refractivity contribution >= 4 is 11.9 Å². The van der Waals surface area contributed by atoms with E-state index in [1.807, 2.05) is 4.57 Å². The average Bonchev–Trinajstić information content (AvgIpc) is 3.22. The second-order valence-corrected chi connectivity index (χ2v) is 8.40. The second kappa shape index (κ2) is 8.96. The van der Waals surface area contributed by atoms with E-state index in [9.17, 15) is 22.8 Å². The Balaban J connectivity index is 1.47. The summed E-state index contributed by atoms with van der Waals surface area (Å²) in [4.78, 5) is 31.2. The highest BCUT2D eigenvalue weighted by atomic mass is 19.4. The summed E-state index contributed by atoms with van der Waals surface area (Å²) in [5.74, 6) is -0.148. The number of fused-ring (bicyclic) bond motifs is 1. The molecule has 2 aromatic rings. The molecular weight excluding hydrogens is 423 g/mol. The molecule has 3 heterocycles. The number of halogens is 3. The number of carbonyl (C=O) groups excluding carboxylic acids is 2. The molecule has 0 aliphatic carbocycles. The fourth-order valence-corrected chi connectivity index (χ4v) is 4.56. The van der Waals surface area contributed by atoms with Crippen molar-refractivity contribution in [3.05, 3.63) is 53.1 Å². The third kappa shape index (κ3) is 4.66. The molecule has 172 valence electrons. The van der Waals surface area contributed by atoms with Crippen molar-refractivity contribution in [3.8, 4) is 0 Å². The van der Waals surface area contributed by atoms with Crippen LogP contribution in [0.4, 0.5) is 13.2 Å². The summed E-state index contributed by atoms with van der Waals surface area (Å²) >= 11 is 0. The Bertz CT molecular complexity index is 1000. The number of alkyl halides is 3. The number of rotatable bonds is 4.